The molecule has 2 aromatic carbocycles. The maximum Gasteiger partial charge on any atom is 0.272 e. The Morgan fingerprint density at radius 3 is 2.66 bits per heavy atom. The number of fused-ring (bicyclic) bond motifs is 1. The minimum absolute atomic E-state index is 0.0230. The Labute approximate surface area is 204 Å². The van der Waals surface area contributed by atoms with Crippen molar-refractivity contribution >= 4 is 16.7 Å². The lowest BCUT2D eigenvalue weighted by Gasteiger charge is -2.34. The molecule has 0 aliphatic carbocycles. The van der Waals surface area contributed by atoms with Crippen molar-refractivity contribution in [2.24, 2.45) is 0 Å². The zero-order valence-electron chi connectivity index (χ0n) is 20.1. The second-order valence-corrected chi connectivity index (χ2v) is 9.32. The van der Waals surface area contributed by atoms with E-state index < -0.39 is 5.92 Å². The quantitative estimate of drug-likeness (QED) is 0.477. The molecule has 4 aromatic rings. The van der Waals surface area contributed by atoms with Gasteiger partial charge in [0.05, 0.1) is 22.7 Å². The average Bonchev–Trinajstić information content (AvgIpc) is 2.90. The van der Waals surface area contributed by atoms with Gasteiger partial charge in [-0.2, -0.15) is 5.10 Å². The lowest BCUT2D eigenvalue weighted by Crippen LogP contribution is -2.42. The van der Waals surface area contributed by atoms with Crippen molar-refractivity contribution in [1.82, 2.24) is 25.1 Å². The Balaban J connectivity index is 1.40. The molecule has 2 aromatic heterocycles. The standard InChI is InChI=1S/C28H29N5O2/c1-18(25-23-12-6-7-13-24(23)27(34)32-31-25)28(35)33-14-8-11-21(17-33)26-22(16-29-19(2)30-26)15-20-9-4-3-5-10-20/h3-7,9-10,12-13,16,18,21H,8,11,14-15,17H2,1-2H3,(H,32,34)/t18-,21-/m0/s1. The maximum atomic E-state index is 13.6. The zero-order chi connectivity index (χ0) is 24.4. The number of aromatic nitrogens is 4. The van der Waals surface area contributed by atoms with E-state index in [1.54, 1.807) is 6.07 Å². The van der Waals surface area contributed by atoms with E-state index in [1.807, 2.05) is 61.3 Å². The number of benzene rings is 2. The number of H-pyrrole nitrogens is 1. The largest absolute Gasteiger partial charge is 0.341 e. The second kappa shape index (κ2) is 9.78. The second-order valence-electron chi connectivity index (χ2n) is 9.32. The molecule has 7 heteroatoms. The molecule has 0 radical (unpaired) electrons. The number of hydrogen-bond acceptors (Lipinski definition) is 5. The van der Waals surface area contributed by atoms with Crippen LogP contribution in [0.1, 0.15) is 59.9 Å². The number of piperidine rings is 1. The van der Waals surface area contributed by atoms with Gasteiger partial charge in [-0.05, 0) is 43.9 Å². The molecule has 0 unspecified atom stereocenters. The van der Waals surface area contributed by atoms with Gasteiger partial charge in [0, 0.05) is 37.0 Å². The highest BCUT2D eigenvalue weighted by Crippen LogP contribution is 2.31. The minimum Gasteiger partial charge on any atom is -0.341 e. The molecule has 1 aliphatic rings. The molecule has 0 saturated carbocycles. The SMILES string of the molecule is Cc1ncc(Cc2ccccc2)c([C@H]2CCCN(C(=O)[C@@H](C)c3n[nH]c(=O)c4ccccc34)C2)n1. The van der Waals surface area contributed by atoms with Gasteiger partial charge in [0.15, 0.2) is 0 Å². The van der Waals surface area contributed by atoms with E-state index in [1.165, 1.54) is 5.56 Å². The lowest BCUT2D eigenvalue weighted by molar-refractivity contribution is -0.133. The molecular formula is C28H29N5O2. The highest BCUT2D eigenvalue weighted by Gasteiger charge is 2.31. The third-order valence-corrected chi connectivity index (χ3v) is 6.88. The first-order chi connectivity index (χ1) is 17.0. The third kappa shape index (κ3) is 4.71. The summed E-state index contributed by atoms with van der Waals surface area (Å²) in [7, 11) is 0. The normalized spacial score (nSPS) is 16.9. The van der Waals surface area contributed by atoms with Gasteiger partial charge in [-0.1, -0.05) is 48.5 Å². The summed E-state index contributed by atoms with van der Waals surface area (Å²) in [4.78, 5) is 37.0. The van der Waals surface area contributed by atoms with Crippen molar-refractivity contribution in [3.05, 3.63) is 99.5 Å². The van der Waals surface area contributed by atoms with Gasteiger partial charge in [0.2, 0.25) is 5.91 Å². The number of amides is 1. The highest BCUT2D eigenvalue weighted by molar-refractivity contribution is 5.91. The first-order valence-electron chi connectivity index (χ1n) is 12.1. The summed E-state index contributed by atoms with van der Waals surface area (Å²) in [6.07, 6.45) is 4.60. The molecule has 1 amide bonds. The summed E-state index contributed by atoms with van der Waals surface area (Å²) in [5.74, 6) is 0.458. The third-order valence-electron chi connectivity index (χ3n) is 6.88. The number of carbonyl (C=O) groups is 1. The molecule has 1 saturated heterocycles. The molecule has 5 rings (SSSR count). The smallest absolute Gasteiger partial charge is 0.272 e. The van der Waals surface area contributed by atoms with Gasteiger partial charge in [-0.3, -0.25) is 9.59 Å². The summed E-state index contributed by atoms with van der Waals surface area (Å²) in [6.45, 7) is 5.10. The Bertz CT molecular complexity index is 1420. The number of likely N-dealkylation sites (tertiary alicyclic amines) is 1. The summed E-state index contributed by atoms with van der Waals surface area (Å²) >= 11 is 0. The van der Waals surface area contributed by atoms with Gasteiger partial charge in [0.25, 0.3) is 5.56 Å². The van der Waals surface area contributed by atoms with Crippen LogP contribution >= 0.6 is 0 Å². The number of nitrogens with one attached hydrogen (secondary N) is 1. The van der Waals surface area contributed by atoms with E-state index in [0.29, 0.717) is 24.2 Å². The van der Waals surface area contributed by atoms with Gasteiger partial charge in [-0.15, -0.1) is 0 Å². The number of rotatable bonds is 5. The monoisotopic (exact) mass is 467 g/mol. The van der Waals surface area contributed by atoms with Crippen molar-refractivity contribution < 1.29 is 4.79 Å². The van der Waals surface area contributed by atoms with Crippen LogP contribution in [0.2, 0.25) is 0 Å². The fraction of sp³-hybridized carbons (Fsp3) is 0.321. The first-order valence-corrected chi connectivity index (χ1v) is 12.1. The van der Waals surface area contributed by atoms with Gasteiger partial charge in [0.1, 0.15) is 5.82 Å². The van der Waals surface area contributed by atoms with Crippen molar-refractivity contribution in [3.8, 4) is 0 Å². The van der Waals surface area contributed by atoms with Crippen LogP contribution in [0.25, 0.3) is 10.8 Å². The van der Waals surface area contributed by atoms with E-state index >= 15 is 0 Å². The topological polar surface area (TPSA) is 91.8 Å². The number of nitrogens with zero attached hydrogens (tertiary/aromatic N) is 4. The molecule has 0 spiro atoms. The van der Waals surface area contributed by atoms with Crippen molar-refractivity contribution in [2.45, 2.75) is 44.9 Å². The fourth-order valence-electron chi connectivity index (χ4n) is 5.08. The highest BCUT2D eigenvalue weighted by atomic mass is 16.2. The molecule has 1 aliphatic heterocycles. The van der Waals surface area contributed by atoms with E-state index in [9.17, 15) is 9.59 Å². The molecule has 178 valence electrons. The van der Waals surface area contributed by atoms with E-state index in [2.05, 4.69) is 27.3 Å². The van der Waals surface area contributed by atoms with Crippen LogP contribution in [-0.4, -0.2) is 44.1 Å². The Morgan fingerprint density at radius 2 is 1.86 bits per heavy atom. The molecular weight excluding hydrogens is 438 g/mol. The molecule has 0 bridgehead atoms. The minimum atomic E-state index is -0.466. The van der Waals surface area contributed by atoms with Crippen LogP contribution in [-0.2, 0) is 11.2 Å². The predicted molar refractivity (Wildman–Crippen MR) is 135 cm³/mol. The Hall–Kier alpha value is -3.87. The first kappa shape index (κ1) is 22.9. The molecule has 1 N–H and O–H groups in total. The Kier molecular flexibility index (Phi) is 6.40. The number of hydrogen-bond donors (Lipinski definition) is 1. The summed E-state index contributed by atoms with van der Waals surface area (Å²) in [5, 5.41) is 8.10. The number of carbonyl (C=O) groups excluding carboxylic acids is 1. The molecule has 1 fully saturated rings. The molecule has 7 nitrogen and oxygen atoms in total. The summed E-state index contributed by atoms with van der Waals surface area (Å²) in [6, 6.07) is 17.6. The van der Waals surface area contributed by atoms with E-state index in [0.717, 1.165) is 41.7 Å². The van der Waals surface area contributed by atoms with Gasteiger partial charge >= 0.3 is 0 Å². The van der Waals surface area contributed by atoms with Crippen LogP contribution < -0.4 is 5.56 Å². The summed E-state index contributed by atoms with van der Waals surface area (Å²) < 4.78 is 0. The average molecular weight is 468 g/mol. The zero-order valence-corrected chi connectivity index (χ0v) is 20.1. The van der Waals surface area contributed by atoms with E-state index in [-0.39, 0.29) is 17.4 Å². The lowest BCUT2D eigenvalue weighted by atomic mass is 9.89. The molecule has 35 heavy (non-hydrogen) atoms. The maximum absolute atomic E-state index is 13.6. The van der Waals surface area contributed by atoms with Crippen LogP contribution in [0.3, 0.4) is 0 Å². The predicted octanol–water partition coefficient (Wildman–Crippen LogP) is 4.12. The van der Waals surface area contributed by atoms with Gasteiger partial charge in [-0.25, -0.2) is 15.1 Å². The van der Waals surface area contributed by atoms with Crippen molar-refractivity contribution in [2.75, 3.05) is 13.1 Å². The van der Waals surface area contributed by atoms with Crippen LogP contribution in [0.15, 0.2) is 65.6 Å². The molecule has 2 atom stereocenters. The Morgan fingerprint density at radius 1 is 1.11 bits per heavy atom. The van der Waals surface area contributed by atoms with E-state index in [4.69, 9.17) is 4.98 Å². The number of aryl methyl sites for hydroxylation is 1. The number of aromatic amines is 1. The molecule has 3 heterocycles. The van der Waals surface area contributed by atoms with Crippen molar-refractivity contribution in [1.29, 1.82) is 0 Å². The fourth-order valence-corrected chi connectivity index (χ4v) is 5.08. The van der Waals surface area contributed by atoms with Crippen LogP contribution in [0.5, 0.6) is 0 Å². The van der Waals surface area contributed by atoms with Crippen molar-refractivity contribution in [3.63, 3.8) is 0 Å². The van der Waals surface area contributed by atoms with Gasteiger partial charge < -0.3 is 4.90 Å². The van der Waals surface area contributed by atoms with Crippen LogP contribution in [0, 0.1) is 6.92 Å². The summed E-state index contributed by atoms with van der Waals surface area (Å²) in [5.41, 5.74) is 3.73. The van der Waals surface area contributed by atoms with Crippen LogP contribution in [0.4, 0.5) is 0 Å².